The topological polar surface area (TPSA) is 95.0 Å². The summed E-state index contributed by atoms with van der Waals surface area (Å²) >= 11 is 6.73. The number of rotatable bonds is 10. The van der Waals surface area contributed by atoms with Crippen molar-refractivity contribution in [1.82, 2.24) is 0 Å². The minimum Gasteiger partial charge on any atom is -0.389 e. The molecule has 4 aromatic rings. The molecule has 4 rings (SSSR count). The van der Waals surface area contributed by atoms with E-state index in [0.717, 1.165) is 28.7 Å². The lowest BCUT2D eigenvalue weighted by atomic mass is 10.2. The molecule has 0 bridgehead atoms. The predicted molar refractivity (Wildman–Crippen MR) is 166 cm³/mol. The second-order valence-electron chi connectivity index (χ2n) is 9.31. The summed E-state index contributed by atoms with van der Waals surface area (Å²) in [5.74, 6) is 0. The van der Waals surface area contributed by atoms with Crippen molar-refractivity contribution in [1.29, 1.82) is 0 Å². The molecule has 11 heteroatoms. The molecular formula is C29H28Br2N2O5S2. The van der Waals surface area contributed by atoms with Gasteiger partial charge in [0.1, 0.15) is 0 Å². The van der Waals surface area contributed by atoms with Gasteiger partial charge < -0.3 is 5.11 Å². The molecule has 210 valence electrons. The van der Waals surface area contributed by atoms with Crippen molar-refractivity contribution in [2.24, 2.45) is 0 Å². The zero-order valence-corrected chi connectivity index (χ0v) is 26.6. The zero-order chi connectivity index (χ0) is 29.1. The van der Waals surface area contributed by atoms with Gasteiger partial charge in [-0.3, -0.25) is 8.61 Å². The summed E-state index contributed by atoms with van der Waals surface area (Å²) in [5, 5.41) is 11.3. The Hall–Kier alpha value is -2.70. The van der Waals surface area contributed by atoms with Crippen molar-refractivity contribution in [3.05, 3.63) is 117 Å². The molecule has 4 aromatic carbocycles. The molecule has 0 aliphatic rings. The van der Waals surface area contributed by atoms with Crippen LogP contribution in [0.3, 0.4) is 0 Å². The number of halogens is 2. The van der Waals surface area contributed by atoms with Crippen molar-refractivity contribution in [2.45, 2.75) is 29.7 Å². The van der Waals surface area contributed by atoms with Crippen LogP contribution in [0.1, 0.15) is 11.1 Å². The Morgan fingerprint density at radius 1 is 0.575 bits per heavy atom. The Labute approximate surface area is 252 Å². The molecule has 0 aliphatic carbocycles. The minimum absolute atomic E-state index is 0.0604. The number of nitrogens with zero attached hydrogens (tertiary/aromatic N) is 2. The van der Waals surface area contributed by atoms with Crippen molar-refractivity contribution in [3.8, 4) is 0 Å². The van der Waals surface area contributed by atoms with E-state index in [1.807, 2.05) is 13.8 Å². The second kappa shape index (κ2) is 12.4. The first-order chi connectivity index (χ1) is 18.9. The van der Waals surface area contributed by atoms with Gasteiger partial charge in [-0.25, -0.2) is 16.8 Å². The molecular weight excluding hydrogens is 680 g/mol. The number of aliphatic hydroxyl groups is 1. The molecule has 0 amide bonds. The SMILES string of the molecule is Cc1ccc(S(=O)(=O)N(CC(O)CN(c2ccc(Br)cc2)S(=O)(=O)c2ccc(C)cc2)c2ccc(Br)cc2)cc1. The van der Waals surface area contributed by atoms with Gasteiger partial charge in [-0.15, -0.1) is 0 Å². The molecule has 0 aliphatic heterocycles. The average molecular weight is 708 g/mol. The van der Waals surface area contributed by atoms with Gasteiger partial charge in [-0.05, 0) is 86.6 Å². The average Bonchev–Trinajstić information content (AvgIpc) is 2.92. The van der Waals surface area contributed by atoms with Crippen molar-refractivity contribution in [2.75, 3.05) is 21.7 Å². The van der Waals surface area contributed by atoms with E-state index in [2.05, 4.69) is 31.9 Å². The van der Waals surface area contributed by atoms with Crippen LogP contribution in [0, 0.1) is 13.8 Å². The maximum Gasteiger partial charge on any atom is 0.264 e. The summed E-state index contributed by atoms with van der Waals surface area (Å²) in [5.41, 5.74) is 2.47. The summed E-state index contributed by atoms with van der Waals surface area (Å²) in [4.78, 5) is 0.121. The summed E-state index contributed by atoms with van der Waals surface area (Å²) < 4.78 is 58.8. The molecule has 0 saturated heterocycles. The third kappa shape index (κ3) is 6.95. The number of aryl methyl sites for hydroxylation is 2. The zero-order valence-electron chi connectivity index (χ0n) is 21.8. The highest BCUT2D eigenvalue weighted by Crippen LogP contribution is 2.29. The highest BCUT2D eigenvalue weighted by atomic mass is 79.9. The lowest BCUT2D eigenvalue weighted by Gasteiger charge is -2.31. The first-order valence-corrected chi connectivity index (χ1v) is 16.7. The fourth-order valence-electron chi connectivity index (χ4n) is 4.01. The molecule has 1 N–H and O–H groups in total. The van der Waals surface area contributed by atoms with Gasteiger partial charge >= 0.3 is 0 Å². The Kier molecular flexibility index (Phi) is 9.41. The smallest absolute Gasteiger partial charge is 0.264 e. The Morgan fingerprint density at radius 3 is 1.18 bits per heavy atom. The Morgan fingerprint density at radius 2 is 0.875 bits per heavy atom. The molecule has 0 heterocycles. The quantitative estimate of drug-likeness (QED) is 0.210. The first-order valence-electron chi connectivity index (χ1n) is 12.3. The summed E-state index contributed by atoms with van der Waals surface area (Å²) in [6.07, 6.45) is -1.38. The summed E-state index contributed by atoms with van der Waals surface area (Å²) in [6, 6.07) is 26.2. The predicted octanol–water partition coefficient (Wildman–Crippen LogP) is 6.28. The number of aliphatic hydroxyl groups excluding tert-OH is 1. The lowest BCUT2D eigenvalue weighted by molar-refractivity contribution is 0.193. The van der Waals surface area contributed by atoms with E-state index in [0.29, 0.717) is 11.4 Å². The van der Waals surface area contributed by atoms with E-state index in [9.17, 15) is 21.9 Å². The maximum absolute atomic E-state index is 13.8. The third-order valence-corrected chi connectivity index (χ3v) is 10.9. The van der Waals surface area contributed by atoms with Crippen LogP contribution in [-0.2, 0) is 20.0 Å². The normalized spacial score (nSPS) is 11.9. The van der Waals surface area contributed by atoms with Crippen LogP contribution in [0.4, 0.5) is 11.4 Å². The molecule has 40 heavy (non-hydrogen) atoms. The van der Waals surface area contributed by atoms with Crippen LogP contribution in [0.5, 0.6) is 0 Å². The van der Waals surface area contributed by atoms with Crippen molar-refractivity contribution < 1.29 is 21.9 Å². The Balaban J connectivity index is 1.72. The molecule has 0 spiro atoms. The fourth-order valence-corrected chi connectivity index (χ4v) is 7.55. The molecule has 0 atom stereocenters. The number of hydrogen-bond acceptors (Lipinski definition) is 5. The number of benzene rings is 4. The van der Waals surface area contributed by atoms with Crippen LogP contribution in [0.25, 0.3) is 0 Å². The number of sulfonamides is 2. The van der Waals surface area contributed by atoms with Gasteiger partial charge in [0.15, 0.2) is 0 Å². The lowest BCUT2D eigenvalue weighted by Crippen LogP contribution is -2.44. The molecule has 0 radical (unpaired) electrons. The fraction of sp³-hybridized carbons (Fsp3) is 0.172. The van der Waals surface area contributed by atoms with Crippen LogP contribution in [0.15, 0.2) is 116 Å². The molecule has 0 unspecified atom stereocenters. The van der Waals surface area contributed by atoms with Crippen molar-refractivity contribution >= 4 is 63.3 Å². The van der Waals surface area contributed by atoms with Crippen LogP contribution in [-0.4, -0.2) is 41.1 Å². The van der Waals surface area contributed by atoms with Gasteiger partial charge in [-0.2, -0.15) is 0 Å². The van der Waals surface area contributed by atoms with E-state index >= 15 is 0 Å². The van der Waals surface area contributed by atoms with Gasteiger partial charge in [0.25, 0.3) is 20.0 Å². The van der Waals surface area contributed by atoms with Crippen LogP contribution < -0.4 is 8.61 Å². The summed E-state index contributed by atoms with van der Waals surface area (Å²) in [7, 11) is -8.19. The second-order valence-corrected chi connectivity index (χ2v) is 14.9. The first kappa shape index (κ1) is 30.3. The van der Waals surface area contributed by atoms with Gasteiger partial charge in [0.2, 0.25) is 0 Å². The molecule has 0 saturated carbocycles. The highest BCUT2D eigenvalue weighted by molar-refractivity contribution is 9.10. The largest absolute Gasteiger partial charge is 0.389 e. The van der Waals surface area contributed by atoms with Crippen LogP contribution >= 0.6 is 31.9 Å². The van der Waals surface area contributed by atoms with Gasteiger partial charge in [0, 0.05) is 8.95 Å². The maximum atomic E-state index is 13.8. The van der Waals surface area contributed by atoms with E-state index in [-0.39, 0.29) is 22.9 Å². The van der Waals surface area contributed by atoms with Gasteiger partial charge in [0.05, 0.1) is 40.4 Å². The van der Waals surface area contributed by atoms with E-state index in [1.54, 1.807) is 72.8 Å². The molecule has 0 aromatic heterocycles. The van der Waals surface area contributed by atoms with Gasteiger partial charge in [-0.1, -0.05) is 67.3 Å². The Bertz CT molecular complexity index is 1530. The van der Waals surface area contributed by atoms with Crippen LogP contribution in [0.2, 0.25) is 0 Å². The number of anilines is 2. The molecule has 0 fully saturated rings. The monoisotopic (exact) mass is 706 g/mol. The number of hydrogen-bond donors (Lipinski definition) is 1. The standard InChI is InChI=1S/C29H28Br2N2O5S2/c1-21-3-15-28(16-4-21)39(35,36)32(25-11-7-23(30)8-12-25)19-27(34)20-33(26-13-9-24(31)10-14-26)40(37,38)29-17-5-22(2)6-18-29/h3-18,27,34H,19-20H2,1-2H3. The minimum atomic E-state index is -4.09. The summed E-state index contributed by atoms with van der Waals surface area (Å²) in [6.45, 7) is 2.96. The van der Waals surface area contributed by atoms with E-state index in [4.69, 9.17) is 0 Å². The highest BCUT2D eigenvalue weighted by Gasteiger charge is 2.31. The molecule has 7 nitrogen and oxygen atoms in total. The van der Waals surface area contributed by atoms with E-state index in [1.165, 1.54) is 24.3 Å². The van der Waals surface area contributed by atoms with Crippen molar-refractivity contribution in [3.63, 3.8) is 0 Å². The third-order valence-electron chi connectivity index (χ3n) is 6.20. The van der Waals surface area contributed by atoms with E-state index < -0.39 is 26.2 Å².